The van der Waals surface area contributed by atoms with Crippen LogP contribution >= 0.6 is 0 Å². The van der Waals surface area contributed by atoms with Gasteiger partial charge in [-0.15, -0.1) is 0 Å². The minimum Gasteiger partial charge on any atom is -0.324 e. The third-order valence-corrected chi connectivity index (χ3v) is 5.99. The maximum absolute atomic E-state index is 6.67. The first-order valence-electron chi connectivity index (χ1n) is 9.23. The van der Waals surface area contributed by atoms with E-state index < -0.39 is 0 Å². The maximum Gasteiger partial charge on any atom is 0.0278 e. The number of hydrogen-bond acceptors (Lipinski definition) is 2. The summed E-state index contributed by atoms with van der Waals surface area (Å²) in [6, 6.07) is 1.65. The molecule has 0 spiro atoms. The van der Waals surface area contributed by atoms with Crippen molar-refractivity contribution >= 4 is 0 Å². The average molecular weight is 280 g/mol. The van der Waals surface area contributed by atoms with Gasteiger partial charge >= 0.3 is 0 Å². The van der Waals surface area contributed by atoms with Crippen molar-refractivity contribution in [2.45, 2.75) is 109 Å². The van der Waals surface area contributed by atoms with Gasteiger partial charge in [-0.2, -0.15) is 0 Å². The highest BCUT2D eigenvalue weighted by atomic mass is 15.2. The van der Waals surface area contributed by atoms with Gasteiger partial charge in [0.15, 0.2) is 0 Å². The molecule has 2 aliphatic carbocycles. The monoisotopic (exact) mass is 280 g/mol. The summed E-state index contributed by atoms with van der Waals surface area (Å²) in [6.07, 6.45) is 16.5. The summed E-state index contributed by atoms with van der Waals surface area (Å²) in [6.45, 7) is 5.67. The van der Waals surface area contributed by atoms with Gasteiger partial charge in [0.25, 0.3) is 0 Å². The highest BCUT2D eigenvalue weighted by molar-refractivity contribution is 4.92. The van der Waals surface area contributed by atoms with Crippen LogP contribution in [0.25, 0.3) is 0 Å². The van der Waals surface area contributed by atoms with Gasteiger partial charge in [-0.1, -0.05) is 52.4 Å². The van der Waals surface area contributed by atoms with E-state index in [4.69, 9.17) is 5.73 Å². The van der Waals surface area contributed by atoms with E-state index in [1.165, 1.54) is 64.2 Å². The van der Waals surface area contributed by atoms with Crippen molar-refractivity contribution in [3.8, 4) is 0 Å². The third kappa shape index (κ3) is 4.21. The maximum atomic E-state index is 6.67. The molecule has 0 bridgehead atoms. The number of hydrogen-bond donors (Lipinski definition) is 1. The molecule has 0 atom stereocenters. The zero-order valence-corrected chi connectivity index (χ0v) is 13.9. The molecule has 0 unspecified atom stereocenters. The van der Waals surface area contributed by atoms with E-state index in [0.29, 0.717) is 0 Å². The van der Waals surface area contributed by atoms with Crippen LogP contribution in [0.1, 0.15) is 90.9 Å². The smallest absolute Gasteiger partial charge is 0.0278 e. The Morgan fingerprint density at radius 2 is 1.20 bits per heavy atom. The van der Waals surface area contributed by atoms with Crippen LogP contribution in [-0.4, -0.2) is 29.1 Å². The van der Waals surface area contributed by atoms with Crippen LogP contribution in [-0.2, 0) is 0 Å². The fourth-order valence-corrected chi connectivity index (χ4v) is 4.22. The second-order valence-corrected chi connectivity index (χ2v) is 7.33. The van der Waals surface area contributed by atoms with E-state index in [9.17, 15) is 0 Å². The molecule has 20 heavy (non-hydrogen) atoms. The molecule has 0 amide bonds. The Balaban J connectivity index is 2.05. The fourth-order valence-electron chi connectivity index (χ4n) is 4.22. The van der Waals surface area contributed by atoms with Crippen LogP contribution in [0.2, 0.25) is 0 Å². The lowest BCUT2D eigenvalue weighted by molar-refractivity contribution is 0.0546. The molecule has 2 aliphatic rings. The Labute approximate surface area is 126 Å². The Morgan fingerprint density at radius 1 is 0.800 bits per heavy atom. The van der Waals surface area contributed by atoms with E-state index in [0.717, 1.165) is 31.5 Å². The molecule has 2 N–H and O–H groups in total. The van der Waals surface area contributed by atoms with Gasteiger partial charge < -0.3 is 5.73 Å². The van der Waals surface area contributed by atoms with E-state index in [1.807, 2.05) is 0 Å². The van der Waals surface area contributed by atoms with Gasteiger partial charge in [0.05, 0.1) is 0 Å². The summed E-state index contributed by atoms with van der Waals surface area (Å²) in [7, 11) is 0. The zero-order chi connectivity index (χ0) is 14.4. The highest BCUT2D eigenvalue weighted by Crippen LogP contribution is 2.31. The predicted octanol–water partition coefficient (Wildman–Crippen LogP) is 4.47. The molecule has 2 rings (SSSR count). The van der Waals surface area contributed by atoms with Gasteiger partial charge in [0.2, 0.25) is 0 Å². The average Bonchev–Trinajstić information content (AvgIpc) is 2.54. The number of nitrogens with two attached hydrogens (primary N) is 1. The Kier molecular flexibility index (Phi) is 6.35. The molecule has 0 radical (unpaired) electrons. The second kappa shape index (κ2) is 7.79. The van der Waals surface area contributed by atoms with Crippen molar-refractivity contribution in [2.75, 3.05) is 6.54 Å². The van der Waals surface area contributed by atoms with Crippen LogP contribution in [0.3, 0.4) is 0 Å². The molecule has 2 fully saturated rings. The molecule has 2 nitrogen and oxygen atoms in total. The lowest BCUT2D eigenvalue weighted by Gasteiger charge is -2.45. The molecular formula is C18H36N2. The van der Waals surface area contributed by atoms with Crippen LogP contribution in [0.5, 0.6) is 0 Å². The van der Waals surface area contributed by atoms with E-state index in [2.05, 4.69) is 18.7 Å². The molecule has 118 valence electrons. The van der Waals surface area contributed by atoms with Crippen molar-refractivity contribution in [3.63, 3.8) is 0 Å². The lowest BCUT2D eigenvalue weighted by atomic mass is 9.85. The molecule has 2 saturated carbocycles. The summed E-state index contributed by atoms with van der Waals surface area (Å²) < 4.78 is 0. The van der Waals surface area contributed by atoms with Crippen LogP contribution in [0, 0.1) is 0 Å². The molecule has 0 aliphatic heterocycles. The Bertz CT molecular complexity index is 243. The topological polar surface area (TPSA) is 29.3 Å². The van der Waals surface area contributed by atoms with Crippen LogP contribution in [0.4, 0.5) is 0 Å². The van der Waals surface area contributed by atoms with Crippen molar-refractivity contribution in [1.82, 2.24) is 4.90 Å². The molecule has 2 heteroatoms. The van der Waals surface area contributed by atoms with Crippen molar-refractivity contribution < 1.29 is 0 Å². The lowest BCUT2D eigenvalue weighted by Crippen LogP contribution is -2.56. The SMILES string of the molecule is CCC(N)(CC)CN(C1CCCCC1)C1CCCCC1. The van der Waals surface area contributed by atoms with E-state index in [1.54, 1.807) is 0 Å². The van der Waals surface area contributed by atoms with Crippen molar-refractivity contribution in [2.24, 2.45) is 5.73 Å². The fraction of sp³-hybridized carbons (Fsp3) is 1.00. The molecule has 0 aromatic heterocycles. The van der Waals surface area contributed by atoms with Crippen molar-refractivity contribution in [1.29, 1.82) is 0 Å². The summed E-state index contributed by atoms with van der Waals surface area (Å²) in [5.74, 6) is 0. The second-order valence-electron chi connectivity index (χ2n) is 7.33. The summed E-state index contributed by atoms with van der Waals surface area (Å²) in [5, 5.41) is 0. The first-order valence-corrected chi connectivity index (χ1v) is 9.23. The first kappa shape index (κ1) is 16.3. The molecule has 0 heterocycles. The highest BCUT2D eigenvalue weighted by Gasteiger charge is 2.33. The molecule has 0 saturated heterocycles. The summed E-state index contributed by atoms with van der Waals surface area (Å²) in [4.78, 5) is 2.87. The quantitative estimate of drug-likeness (QED) is 0.777. The van der Waals surface area contributed by atoms with Gasteiger partial charge in [-0.05, 0) is 38.5 Å². The number of rotatable bonds is 6. The van der Waals surface area contributed by atoms with Crippen LogP contribution < -0.4 is 5.73 Å². The zero-order valence-electron chi connectivity index (χ0n) is 13.9. The largest absolute Gasteiger partial charge is 0.324 e. The van der Waals surface area contributed by atoms with Gasteiger partial charge in [-0.25, -0.2) is 0 Å². The minimum atomic E-state index is 0.0366. The molecular weight excluding hydrogens is 244 g/mol. The van der Waals surface area contributed by atoms with E-state index in [-0.39, 0.29) is 5.54 Å². The van der Waals surface area contributed by atoms with Gasteiger partial charge in [0, 0.05) is 24.2 Å². The van der Waals surface area contributed by atoms with Crippen LogP contribution in [0.15, 0.2) is 0 Å². The summed E-state index contributed by atoms with van der Waals surface area (Å²) in [5.41, 5.74) is 6.71. The molecule has 0 aromatic carbocycles. The Morgan fingerprint density at radius 3 is 1.55 bits per heavy atom. The predicted molar refractivity (Wildman–Crippen MR) is 88.0 cm³/mol. The van der Waals surface area contributed by atoms with Gasteiger partial charge in [0.1, 0.15) is 0 Å². The van der Waals surface area contributed by atoms with Crippen molar-refractivity contribution in [3.05, 3.63) is 0 Å². The summed E-state index contributed by atoms with van der Waals surface area (Å²) >= 11 is 0. The van der Waals surface area contributed by atoms with E-state index >= 15 is 0 Å². The Hall–Kier alpha value is -0.0800. The minimum absolute atomic E-state index is 0.0366. The third-order valence-electron chi connectivity index (χ3n) is 5.99. The molecule has 0 aromatic rings. The van der Waals surface area contributed by atoms with Gasteiger partial charge in [-0.3, -0.25) is 4.90 Å². The standard InChI is InChI=1S/C18H36N2/c1-3-18(19,4-2)15-20(16-11-7-5-8-12-16)17-13-9-6-10-14-17/h16-17H,3-15,19H2,1-2H3. The normalized spacial score (nSPS) is 23.4. The number of nitrogens with zero attached hydrogens (tertiary/aromatic N) is 1. The first-order chi connectivity index (χ1) is 9.68.